The van der Waals surface area contributed by atoms with Gasteiger partial charge in [-0.25, -0.2) is 4.98 Å². The minimum absolute atomic E-state index is 0.0386. The number of hydrogen-bond acceptors (Lipinski definition) is 7. The van der Waals surface area contributed by atoms with Crippen LogP contribution in [0.25, 0.3) is 0 Å². The third-order valence-corrected chi connectivity index (χ3v) is 5.39. The molecule has 8 heteroatoms. The van der Waals surface area contributed by atoms with E-state index in [9.17, 15) is 4.79 Å². The van der Waals surface area contributed by atoms with Crippen LogP contribution in [0.5, 0.6) is 0 Å². The maximum absolute atomic E-state index is 12.7. The van der Waals surface area contributed by atoms with Crippen molar-refractivity contribution in [3.05, 3.63) is 33.6 Å². The second-order valence-corrected chi connectivity index (χ2v) is 7.32. The Morgan fingerprint density at radius 1 is 1.46 bits per heavy atom. The lowest BCUT2D eigenvalue weighted by atomic mass is 10.0. The fourth-order valence-electron chi connectivity index (χ4n) is 3.39. The zero-order chi connectivity index (χ0) is 16.7. The Morgan fingerprint density at radius 3 is 3.04 bits per heavy atom. The smallest absolute Gasteiger partial charge is 0.276 e. The highest BCUT2D eigenvalue weighted by Gasteiger charge is 2.48. The zero-order valence-corrected chi connectivity index (χ0v) is 14.4. The lowest BCUT2D eigenvalue weighted by Gasteiger charge is -2.21. The fraction of sp³-hybridized carbons (Fsp3) is 0.562. The van der Waals surface area contributed by atoms with E-state index in [4.69, 9.17) is 14.0 Å². The summed E-state index contributed by atoms with van der Waals surface area (Å²) in [4.78, 5) is 18.9. The molecular weight excluding hydrogens is 330 g/mol. The number of carbonyl (C=O) groups excluding carboxylic acids is 1. The largest absolute Gasteiger partial charge is 0.379 e. The van der Waals surface area contributed by atoms with Gasteiger partial charge in [-0.1, -0.05) is 5.16 Å². The van der Waals surface area contributed by atoms with Crippen LogP contribution in [0.1, 0.15) is 27.0 Å². The highest BCUT2D eigenvalue weighted by atomic mass is 32.1. The van der Waals surface area contributed by atoms with Crippen LogP contribution in [0.4, 0.5) is 0 Å². The maximum atomic E-state index is 12.7. The second-order valence-electron chi connectivity index (χ2n) is 6.26. The third kappa shape index (κ3) is 2.85. The average molecular weight is 349 g/mol. The van der Waals surface area contributed by atoms with Crippen molar-refractivity contribution in [1.82, 2.24) is 15.0 Å². The van der Waals surface area contributed by atoms with Crippen molar-refractivity contribution in [3.8, 4) is 0 Å². The molecule has 4 heterocycles. The van der Waals surface area contributed by atoms with E-state index in [1.807, 2.05) is 17.2 Å². The molecule has 0 unspecified atom stereocenters. The van der Waals surface area contributed by atoms with Crippen molar-refractivity contribution in [1.29, 1.82) is 0 Å². The number of rotatable bonds is 4. The van der Waals surface area contributed by atoms with Gasteiger partial charge in [0, 0.05) is 23.9 Å². The van der Waals surface area contributed by atoms with Crippen LogP contribution in [-0.2, 0) is 16.1 Å². The van der Waals surface area contributed by atoms with E-state index in [1.165, 1.54) is 0 Å². The van der Waals surface area contributed by atoms with Crippen LogP contribution in [-0.4, -0.2) is 52.9 Å². The van der Waals surface area contributed by atoms with Crippen molar-refractivity contribution in [2.75, 3.05) is 19.8 Å². The summed E-state index contributed by atoms with van der Waals surface area (Å²) in [5.74, 6) is 0.702. The zero-order valence-electron chi connectivity index (χ0n) is 13.6. The van der Waals surface area contributed by atoms with E-state index in [0.717, 1.165) is 10.7 Å². The van der Waals surface area contributed by atoms with E-state index >= 15 is 0 Å². The van der Waals surface area contributed by atoms with Crippen LogP contribution >= 0.6 is 11.3 Å². The number of amides is 1. The quantitative estimate of drug-likeness (QED) is 0.838. The molecule has 0 bridgehead atoms. The number of hydrogen-bond donors (Lipinski definition) is 0. The molecule has 2 aliphatic heterocycles. The minimum Gasteiger partial charge on any atom is -0.379 e. The summed E-state index contributed by atoms with van der Waals surface area (Å²) in [6.45, 7) is 5.92. The molecule has 0 radical (unpaired) electrons. The molecule has 3 atom stereocenters. The first-order valence-corrected chi connectivity index (χ1v) is 8.84. The molecule has 1 amide bonds. The highest BCUT2D eigenvalue weighted by molar-refractivity contribution is 7.09. The lowest BCUT2D eigenvalue weighted by Crippen LogP contribution is -2.38. The van der Waals surface area contributed by atoms with Crippen LogP contribution in [0.3, 0.4) is 0 Å². The topological polar surface area (TPSA) is 77.7 Å². The molecular formula is C16H19N3O4S. The van der Waals surface area contributed by atoms with Crippen molar-refractivity contribution in [2.45, 2.75) is 32.6 Å². The number of nitrogens with zero attached hydrogens (tertiary/aromatic N) is 3. The number of ether oxygens (including phenoxy) is 2. The van der Waals surface area contributed by atoms with Gasteiger partial charge in [0.15, 0.2) is 5.69 Å². The monoisotopic (exact) mass is 349 g/mol. The number of aryl methyl sites for hydroxylation is 2. The van der Waals surface area contributed by atoms with Gasteiger partial charge in [-0.2, -0.15) is 0 Å². The summed E-state index contributed by atoms with van der Waals surface area (Å²) in [5.41, 5.74) is 1.28. The summed E-state index contributed by atoms with van der Waals surface area (Å²) in [7, 11) is 0. The normalized spacial score (nSPS) is 26.1. The number of fused-ring (bicyclic) bond motifs is 1. The standard InChI is InChI=1S/C16H19N3O4S/c1-9-3-13(18-23-9)16(20)19-4-15(12-6-21-7-14(12)19)22-5-11-8-24-10(2)17-11/h3,8,12,14-15H,4-7H2,1-2H3/t12-,14+,15-/m1/s1. The molecule has 0 aromatic carbocycles. The third-order valence-electron chi connectivity index (χ3n) is 4.57. The summed E-state index contributed by atoms with van der Waals surface area (Å²) >= 11 is 1.61. The highest BCUT2D eigenvalue weighted by Crippen LogP contribution is 2.33. The fourth-order valence-corrected chi connectivity index (χ4v) is 3.99. The summed E-state index contributed by atoms with van der Waals surface area (Å²) in [5, 5.41) is 6.88. The van der Waals surface area contributed by atoms with Gasteiger partial charge in [-0.05, 0) is 13.8 Å². The number of likely N-dealkylation sites (tertiary alicyclic amines) is 1. The summed E-state index contributed by atoms with van der Waals surface area (Å²) < 4.78 is 16.7. The minimum atomic E-state index is -0.122. The Bertz CT molecular complexity index is 743. The van der Waals surface area contributed by atoms with Crippen molar-refractivity contribution >= 4 is 17.2 Å². The van der Waals surface area contributed by atoms with Gasteiger partial charge in [-0.15, -0.1) is 11.3 Å². The Balaban J connectivity index is 1.46. The van der Waals surface area contributed by atoms with Gasteiger partial charge >= 0.3 is 0 Å². The van der Waals surface area contributed by atoms with E-state index in [1.54, 1.807) is 24.3 Å². The molecule has 2 aromatic rings. The number of aromatic nitrogens is 2. The van der Waals surface area contributed by atoms with E-state index < -0.39 is 0 Å². The van der Waals surface area contributed by atoms with Crippen LogP contribution in [0.2, 0.25) is 0 Å². The predicted octanol–water partition coefficient (Wildman–Crippen LogP) is 1.80. The molecule has 128 valence electrons. The molecule has 0 spiro atoms. The van der Waals surface area contributed by atoms with Gasteiger partial charge < -0.3 is 18.9 Å². The van der Waals surface area contributed by atoms with Crippen molar-refractivity contribution in [3.63, 3.8) is 0 Å². The lowest BCUT2D eigenvalue weighted by molar-refractivity contribution is 0.00808. The molecule has 2 saturated heterocycles. The molecule has 2 aromatic heterocycles. The van der Waals surface area contributed by atoms with E-state index in [-0.39, 0.29) is 24.0 Å². The first-order valence-electron chi connectivity index (χ1n) is 7.96. The van der Waals surface area contributed by atoms with E-state index in [2.05, 4.69) is 10.1 Å². The predicted molar refractivity (Wildman–Crippen MR) is 85.8 cm³/mol. The first-order chi connectivity index (χ1) is 11.6. The average Bonchev–Trinajstić information content (AvgIpc) is 3.29. The summed E-state index contributed by atoms with van der Waals surface area (Å²) in [6, 6.07) is 1.70. The van der Waals surface area contributed by atoms with Gasteiger partial charge in [0.25, 0.3) is 5.91 Å². The van der Waals surface area contributed by atoms with Crippen molar-refractivity contribution < 1.29 is 18.8 Å². The molecule has 0 N–H and O–H groups in total. The Hall–Kier alpha value is -1.77. The first kappa shape index (κ1) is 15.7. The summed E-state index contributed by atoms with van der Waals surface area (Å²) in [6.07, 6.45) is -0.0449. The van der Waals surface area contributed by atoms with Gasteiger partial charge in [0.05, 0.1) is 42.7 Å². The van der Waals surface area contributed by atoms with Crippen LogP contribution < -0.4 is 0 Å². The SMILES string of the molecule is Cc1cc(C(=O)N2C[C@@H](OCc3csc(C)n3)[C@@H]3COC[C@@H]32)no1. The van der Waals surface area contributed by atoms with E-state index in [0.29, 0.717) is 37.8 Å². The number of carbonyl (C=O) groups is 1. The van der Waals surface area contributed by atoms with Crippen molar-refractivity contribution in [2.24, 2.45) is 5.92 Å². The molecule has 24 heavy (non-hydrogen) atoms. The van der Waals surface area contributed by atoms with Gasteiger partial charge in [0.1, 0.15) is 5.76 Å². The second kappa shape index (κ2) is 6.27. The van der Waals surface area contributed by atoms with Gasteiger partial charge in [0.2, 0.25) is 0 Å². The molecule has 0 saturated carbocycles. The number of thiazole rings is 1. The molecule has 2 fully saturated rings. The molecule has 0 aliphatic carbocycles. The molecule has 7 nitrogen and oxygen atoms in total. The molecule has 4 rings (SSSR count). The Morgan fingerprint density at radius 2 is 2.33 bits per heavy atom. The Labute approximate surface area is 143 Å². The Kier molecular flexibility index (Phi) is 4.11. The van der Waals surface area contributed by atoms with Crippen LogP contribution in [0.15, 0.2) is 16.0 Å². The maximum Gasteiger partial charge on any atom is 0.276 e. The van der Waals surface area contributed by atoms with Gasteiger partial charge in [-0.3, -0.25) is 4.79 Å². The molecule has 2 aliphatic rings. The van der Waals surface area contributed by atoms with Crippen LogP contribution in [0, 0.1) is 19.8 Å².